The van der Waals surface area contributed by atoms with Crippen LogP contribution < -0.4 is 0 Å². The predicted molar refractivity (Wildman–Crippen MR) is 93.4 cm³/mol. The highest BCUT2D eigenvalue weighted by Gasteiger charge is 2.38. The first-order valence-corrected chi connectivity index (χ1v) is 9.69. The van der Waals surface area contributed by atoms with Crippen LogP contribution in [0.2, 0.25) is 0 Å². The molecule has 3 rings (SSSR count). The maximum Gasteiger partial charge on any atom is 0.254 e. The number of hydrogen-bond donors (Lipinski definition) is 0. The molecule has 0 saturated carbocycles. The van der Waals surface area contributed by atoms with Gasteiger partial charge in [0.2, 0.25) is 0 Å². The van der Waals surface area contributed by atoms with Crippen molar-refractivity contribution in [1.82, 2.24) is 9.80 Å². The molecule has 2 aliphatic heterocycles. The largest absolute Gasteiger partial charge is 0.334 e. The first-order chi connectivity index (χ1) is 10.7. The molecule has 1 aromatic carbocycles. The summed E-state index contributed by atoms with van der Waals surface area (Å²) in [5.41, 5.74) is 2.13. The lowest BCUT2D eigenvalue weighted by Crippen LogP contribution is -2.47. The SMILES string of the molecule is CSCc1ccc(C(=O)N2CCC[C@@H]2[C@@H]2CCCN2C)cc1. The number of rotatable bonds is 4. The molecule has 0 aliphatic carbocycles. The van der Waals surface area contributed by atoms with Crippen LogP contribution in [-0.4, -0.2) is 54.2 Å². The van der Waals surface area contributed by atoms with Gasteiger partial charge < -0.3 is 9.80 Å². The van der Waals surface area contributed by atoms with Gasteiger partial charge in [0.05, 0.1) is 0 Å². The van der Waals surface area contributed by atoms with Gasteiger partial charge in [0, 0.05) is 29.9 Å². The van der Waals surface area contributed by atoms with Crippen LogP contribution in [0.15, 0.2) is 24.3 Å². The number of carbonyl (C=O) groups excluding carboxylic acids is 1. The van der Waals surface area contributed by atoms with Crippen molar-refractivity contribution in [3.8, 4) is 0 Å². The zero-order chi connectivity index (χ0) is 15.5. The second-order valence-corrected chi connectivity index (χ2v) is 7.39. The number of likely N-dealkylation sites (N-methyl/N-ethyl adjacent to an activating group) is 1. The van der Waals surface area contributed by atoms with Gasteiger partial charge in [-0.3, -0.25) is 4.79 Å². The summed E-state index contributed by atoms with van der Waals surface area (Å²) in [6, 6.07) is 9.16. The highest BCUT2D eigenvalue weighted by molar-refractivity contribution is 7.97. The summed E-state index contributed by atoms with van der Waals surface area (Å²) in [6.07, 6.45) is 6.91. The standard InChI is InChI=1S/C18H26N2OS/c1-19-11-3-5-16(19)17-6-4-12-20(17)18(21)15-9-7-14(8-10-15)13-22-2/h7-10,16-17H,3-6,11-13H2,1-2H3/t16-,17+/m0/s1. The van der Waals surface area contributed by atoms with Crippen LogP contribution in [0.5, 0.6) is 0 Å². The van der Waals surface area contributed by atoms with Crippen molar-refractivity contribution in [1.29, 1.82) is 0 Å². The number of carbonyl (C=O) groups is 1. The Balaban J connectivity index is 1.72. The van der Waals surface area contributed by atoms with Crippen molar-refractivity contribution >= 4 is 17.7 Å². The zero-order valence-corrected chi connectivity index (χ0v) is 14.4. The van der Waals surface area contributed by atoms with E-state index in [1.165, 1.54) is 24.9 Å². The topological polar surface area (TPSA) is 23.6 Å². The molecule has 2 heterocycles. The van der Waals surface area contributed by atoms with Crippen LogP contribution in [0.25, 0.3) is 0 Å². The number of amides is 1. The van der Waals surface area contributed by atoms with Crippen LogP contribution >= 0.6 is 11.8 Å². The van der Waals surface area contributed by atoms with Gasteiger partial charge in [0.25, 0.3) is 5.91 Å². The predicted octanol–water partition coefficient (Wildman–Crippen LogP) is 3.25. The van der Waals surface area contributed by atoms with Crippen LogP contribution in [0, 0.1) is 0 Å². The number of thioether (sulfide) groups is 1. The lowest BCUT2D eigenvalue weighted by molar-refractivity contribution is 0.0664. The zero-order valence-electron chi connectivity index (χ0n) is 13.6. The summed E-state index contributed by atoms with van der Waals surface area (Å²) in [4.78, 5) is 17.5. The highest BCUT2D eigenvalue weighted by Crippen LogP contribution is 2.30. The Hall–Kier alpha value is -1.00. The minimum atomic E-state index is 0.221. The number of likely N-dealkylation sites (tertiary alicyclic amines) is 2. The average molecular weight is 318 g/mol. The van der Waals surface area contributed by atoms with Crippen molar-refractivity contribution in [3.63, 3.8) is 0 Å². The fraction of sp³-hybridized carbons (Fsp3) is 0.611. The van der Waals surface area contributed by atoms with Crippen LogP contribution in [0.3, 0.4) is 0 Å². The van der Waals surface area contributed by atoms with E-state index in [2.05, 4.69) is 35.2 Å². The van der Waals surface area contributed by atoms with Gasteiger partial charge in [-0.15, -0.1) is 0 Å². The lowest BCUT2D eigenvalue weighted by atomic mass is 10.0. The Morgan fingerprint density at radius 3 is 2.45 bits per heavy atom. The number of nitrogens with zero attached hydrogens (tertiary/aromatic N) is 2. The normalized spacial score (nSPS) is 25.8. The Morgan fingerprint density at radius 2 is 1.82 bits per heavy atom. The number of benzene rings is 1. The molecule has 2 fully saturated rings. The van der Waals surface area contributed by atoms with Gasteiger partial charge in [-0.05, 0) is 63.2 Å². The fourth-order valence-electron chi connectivity index (χ4n) is 3.94. The van der Waals surface area contributed by atoms with Gasteiger partial charge in [-0.2, -0.15) is 11.8 Å². The highest BCUT2D eigenvalue weighted by atomic mass is 32.2. The second kappa shape index (κ2) is 7.05. The molecule has 2 atom stereocenters. The van der Waals surface area contributed by atoms with Crippen molar-refractivity contribution < 1.29 is 4.79 Å². The summed E-state index contributed by atoms with van der Waals surface area (Å²) < 4.78 is 0. The maximum absolute atomic E-state index is 12.9. The van der Waals surface area contributed by atoms with E-state index >= 15 is 0 Å². The van der Waals surface area contributed by atoms with Gasteiger partial charge in [-0.25, -0.2) is 0 Å². The molecule has 4 heteroatoms. The second-order valence-electron chi connectivity index (χ2n) is 6.53. The van der Waals surface area contributed by atoms with Crippen molar-refractivity contribution in [3.05, 3.63) is 35.4 Å². The third-order valence-electron chi connectivity index (χ3n) is 5.09. The average Bonchev–Trinajstić information content (AvgIpc) is 3.16. The summed E-state index contributed by atoms with van der Waals surface area (Å²) in [5, 5.41) is 0. The lowest BCUT2D eigenvalue weighted by Gasteiger charge is -2.33. The Labute approximate surface area is 138 Å². The van der Waals surface area contributed by atoms with Crippen molar-refractivity contribution in [2.24, 2.45) is 0 Å². The molecule has 2 aliphatic rings. The van der Waals surface area contributed by atoms with Crippen LogP contribution in [0.4, 0.5) is 0 Å². The van der Waals surface area contributed by atoms with Gasteiger partial charge in [0.15, 0.2) is 0 Å². The molecule has 0 unspecified atom stereocenters. The summed E-state index contributed by atoms with van der Waals surface area (Å²) in [7, 11) is 2.20. The van der Waals surface area contributed by atoms with E-state index in [-0.39, 0.29) is 5.91 Å². The Bertz CT molecular complexity index is 516. The quantitative estimate of drug-likeness (QED) is 0.851. The molecule has 120 valence electrons. The van der Waals surface area contributed by atoms with E-state index in [4.69, 9.17) is 0 Å². The smallest absolute Gasteiger partial charge is 0.254 e. The summed E-state index contributed by atoms with van der Waals surface area (Å²) in [6.45, 7) is 2.09. The van der Waals surface area contributed by atoms with Gasteiger partial charge >= 0.3 is 0 Å². The van der Waals surface area contributed by atoms with E-state index in [9.17, 15) is 4.79 Å². The molecule has 0 spiro atoms. The molecule has 0 N–H and O–H groups in total. The first-order valence-electron chi connectivity index (χ1n) is 8.30. The van der Waals surface area contributed by atoms with E-state index in [1.54, 1.807) is 0 Å². The molecule has 22 heavy (non-hydrogen) atoms. The third kappa shape index (κ3) is 3.18. The van der Waals surface area contributed by atoms with Gasteiger partial charge in [-0.1, -0.05) is 12.1 Å². The van der Waals surface area contributed by atoms with E-state index in [1.807, 2.05) is 23.9 Å². The molecule has 1 amide bonds. The van der Waals surface area contributed by atoms with Gasteiger partial charge in [0.1, 0.15) is 0 Å². The van der Waals surface area contributed by atoms with Crippen molar-refractivity contribution in [2.75, 3.05) is 26.4 Å². The van der Waals surface area contributed by atoms with Crippen LogP contribution in [0.1, 0.15) is 41.6 Å². The molecule has 0 radical (unpaired) electrons. The molecule has 0 bridgehead atoms. The monoisotopic (exact) mass is 318 g/mol. The minimum Gasteiger partial charge on any atom is -0.334 e. The van der Waals surface area contributed by atoms with E-state index in [0.717, 1.165) is 30.7 Å². The first kappa shape index (κ1) is 15.9. The summed E-state index contributed by atoms with van der Waals surface area (Å²) in [5.74, 6) is 1.23. The fourth-order valence-corrected chi connectivity index (χ4v) is 4.47. The molecule has 3 nitrogen and oxygen atoms in total. The summed E-state index contributed by atoms with van der Waals surface area (Å²) >= 11 is 1.81. The van der Waals surface area contributed by atoms with E-state index < -0.39 is 0 Å². The van der Waals surface area contributed by atoms with Crippen LogP contribution in [-0.2, 0) is 5.75 Å². The molecular weight excluding hydrogens is 292 g/mol. The minimum absolute atomic E-state index is 0.221. The Morgan fingerprint density at radius 1 is 1.14 bits per heavy atom. The molecule has 0 aromatic heterocycles. The molecule has 1 aromatic rings. The van der Waals surface area contributed by atoms with Crippen molar-refractivity contribution in [2.45, 2.75) is 43.5 Å². The molecule has 2 saturated heterocycles. The van der Waals surface area contributed by atoms with E-state index in [0.29, 0.717) is 12.1 Å². The maximum atomic E-state index is 12.9. The Kier molecular flexibility index (Phi) is 5.09. The number of hydrogen-bond acceptors (Lipinski definition) is 3. The molecular formula is C18H26N2OS. The third-order valence-corrected chi connectivity index (χ3v) is 5.72.